The fourth-order valence-corrected chi connectivity index (χ4v) is 4.22. The second kappa shape index (κ2) is 9.12. The van der Waals surface area contributed by atoms with Gasteiger partial charge in [0.15, 0.2) is 29.0 Å². The summed E-state index contributed by atoms with van der Waals surface area (Å²) in [5, 5.41) is 23.6. The molecule has 2 aliphatic heterocycles. The normalized spacial score (nSPS) is 27.7. The molecule has 2 fully saturated rings. The first-order valence-corrected chi connectivity index (χ1v) is 11.0. The highest BCUT2D eigenvalue weighted by atomic mass is 16.6. The molecule has 174 valence electrons. The Morgan fingerprint density at radius 3 is 2.70 bits per heavy atom. The smallest absolute Gasteiger partial charge is 0.256 e. The number of ether oxygens (including phenoxy) is 2. The van der Waals surface area contributed by atoms with Crippen molar-refractivity contribution >= 4 is 22.9 Å². The number of aromatic nitrogens is 4. The number of hydrogen-bond acceptors (Lipinski definition) is 9. The van der Waals surface area contributed by atoms with Gasteiger partial charge < -0.3 is 30.7 Å². The SMILES string of the molecule is NC[C@H]1O[C@@H](n2cnc3c(NC(=O)c4ccccc4)nc(C4CCCCO4)nc32)[C@H](O)[C@@H]1O. The van der Waals surface area contributed by atoms with Crippen molar-refractivity contribution in [2.75, 3.05) is 18.5 Å². The molecule has 0 saturated carbocycles. The van der Waals surface area contributed by atoms with Gasteiger partial charge in [-0.15, -0.1) is 0 Å². The number of hydrogen-bond donors (Lipinski definition) is 4. The maximum absolute atomic E-state index is 12.8. The van der Waals surface area contributed by atoms with Crippen LogP contribution in [0.2, 0.25) is 0 Å². The number of fused-ring (bicyclic) bond motifs is 1. The molecule has 5 rings (SSSR count). The number of nitrogens with zero attached hydrogens (tertiary/aromatic N) is 4. The van der Waals surface area contributed by atoms with Crippen LogP contribution in [0.3, 0.4) is 0 Å². The average Bonchev–Trinajstić information content (AvgIpc) is 3.41. The minimum Gasteiger partial charge on any atom is -0.387 e. The van der Waals surface area contributed by atoms with Crippen LogP contribution in [0.1, 0.15) is 47.8 Å². The Labute approximate surface area is 189 Å². The van der Waals surface area contributed by atoms with Crippen LogP contribution < -0.4 is 11.1 Å². The molecule has 3 aromatic rings. The summed E-state index contributed by atoms with van der Waals surface area (Å²) in [7, 11) is 0. The zero-order valence-electron chi connectivity index (χ0n) is 17.9. The highest BCUT2D eigenvalue weighted by Gasteiger charge is 2.43. The molecule has 0 spiro atoms. The summed E-state index contributed by atoms with van der Waals surface area (Å²) >= 11 is 0. The zero-order chi connectivity index (χ0) is 22.9. The van der Waals surface area contributed by atoms with Crippen LogP contribution >= 0.6 is 0 Å². The molecule has 0 bridgehead atoms. The van der Waals surface area contributed by atoms with Crippen LogP contribution in [-0.4, -0.2) is 67.1 Å². The van der Waals surface area contributed by atoms with Gasteiger partial charge in [-0.2, -0.15) is 0 Å². The summed E-state index contributed by atoms with van der Waals surface area (Å²) in [4.78, 5) is 26.5. The number of carbonyl (C=O) groups excluding carboxylic acids is 1. The molecule has 1 amide bonds. The molecule has 1 aromatic carbocycles. The van der Waals surface area contributed by atoms with Crippen LogP contribution in [0.15, 0.2) is 36.7 Å². The zero-order valence-corrected chi connectivity index (χ0v) is 17.9. The Balaban J connectivity index is 1.56. The molecule has 1 unspecified atom stereocenters. The molecule has 2 saturated heterocycles. The van der Waals surface area contributed by atoms with Gasteiger partial charge in [-0.1, -0.05) is 18.2 Å². The van der Waals surface area contributed by atoms with E-state index >= 15 is 0 Å². The van der Waals surface area contributed by atoms with E-state index in [9.17, 15) is 15.0 Å². The molecule has 0 aliphatic carbocycles. The molecule has 2 aliphatic rings. The molecule has 4 heterocycles. The first-order chi connectivity index (χ1) is 16.1. The number of nitrogens with one attached hydrogen (secondary N) is 1. The highest BCUT2D eigenvalue weighted by molar-refractivity contribution is 6.06. The van der Waals surface area contributed by atoms with E-state index in [2.05, 4.69) is 20.3 Å². The van der Waals surface area contributed by atoms with Crippen molar-refractivity contribution in [2.45, 2.75) is 49.9 Å². The lowest BCUT2D eigenvalue weighted by molar-refractivity contribution is -0.0323. The third kappa shape index (κ3) is 4.09. The fourth-order valence-electron chi connectivity index (χ4n) is 4.22. The van der Waals surface area contributed by atoms with E-state index in [1.165, 1.54) is 10.9 Å². The lowest BCUT2D eigenvalue weighted by atomic mass is 10.1. The number of carbonyl (C=O) groups is 1. The molecule has 11 nitrogen and oxygen atoms in total. The number of aliphatic hydroxyl groups excluding tert-OH is 2. The van der Waals surface area contributed by atoms with Gasteiger partial charge in [-0.3, -0.25) is 9.36 Å². The Kier molecular flexibility index (Phi) is 6.04. The first kappa shape index (κ1) is 21.9. The molecule has 33 heavy (non-hydrogen) atoms. The van der Waals surface area contributed by atoms with E-state index in [0.29, 0.717) is 29.2 Å². The Morgan fingerprint density at radius 2 is 2.00 bits per heavy atom. The molecular formula is C22H26N6O5. The largest absolute Gasteiger partial charge is 0.387 e. The minimum absolute atomic E-state index is 0.0515. The molecule has 0 radical (unpaired) electrons. The summed E-state index contributed by atoms with van der Waals surface area (Å²) in [5.74, 6) is 0.312. The highest BCUT2D eigenvalue weighted by Crippen LogP contribution is 2.34. The van der Waals surface area contributed by atoms with Crippen molar-refractivity contribution in [3.8, 4) is 0 Å². The molecule has 11 heteroatoms. The number of rotatable bonds is 5. The van der Waals surface area contributed by atoms with E-state index in [1.54, 1.807) is 24.3 Å². The average molecular weight is 454 g/mol. The lowest BCUT2D eigenvalue weighted by Gasteiger charge is -2.22. The van der Waals surface area contributed by atoms with Crippen LogP contribution in [0.25, 0.3) is 11.2 Å². The van der Waals surface area contributed by atoms with Gasteiger partial charge in [0.25, 0.3) is 5.91 Å². The summed E-state index contributed by atoms with van der Waals surface area (Å²) in [6, 6.07) is 8.79. The molecular weight excluding hydrogens is 428 g/mol. The van der Waals surface area contributed by atoms with Crippen molar-refractivity contribution < 1.29 is 24.5 Å². The van der Waals surface area contributed by atoms with Crippen molar-refractivity contribution in [3.05, 3.63) is 48.0 Å². The van der Waals surface area contributed by atoms with Gasteiger partial charge in [0.2, 0.25) is 0 Å². The number of benzene rings is 1. The van der Waals surface area contributed by atoms with Crippen molar-refractivity contribution in [1.82, 2.24) is 19.5 Å². The number of aliphatic hydroxyl groups is 2. The van der Waals surface area contributed by atoms with Gasteiger partial charge in [0.1, 0.15) is 24.4 Å². The van der Waals surface area contributed by atoms with E-state index in [1.807, 2.05) is 6.07 Å². The van der Waals surface area contributed by atoms with Crippen molar-refractivity contribution in [1.29, 1.82) is 0 Å². The second-order valence-electron chi connectivity index (χ2n) is 8.21. The summed E-state index contributed by atoms with van der Waals surface area (Å²) in [5.41, 5.74) is 6.82. The Bertz CT molecular complexity index is 1130. The second-order valence-corrected chi connectivity index (χ2v) is 8.21. The van der Waals surface area contributed by atoms with E-state index in [0.717, 1.165) is 19.3 Å². The maximum atomic E-state index is 12.8. The lowest BCUT2D eigenvalue weighted by Crippen LogP contribution is -2.35. The van der Waals surface area contributed by atoms with Gasteiger partial charge in [-0.05, 0) is 31.4 Å². The predicted octanol–water partition coefficient (Wildman–Crippen LogP) is 0.898. The topological polar surface area (TPSA) is 158 Å². The maximum Gasteiger partial charge on any atom is 0.256 e. The van der Waals surface area contributed by atoms with Gasteiger partial charge in [0, 0.05) is 18.7 Å². The summed E-state index contributed by atoms with van der Waals surface area (Å²) in [6.45, 7) is 0.655. The number of imidazole rings is 1. The molecule has 5 N–H and O–H groups in total. The summed E-state index contributed by atoms with van der Waals surface area (Å²) < 4.78 is 13.2. The van der Waals surface area contributed by atoms with Gasteiger partial charge >= 0.3 is 0 Å². The predicted molar refractivity (Wildman–Crippen MR) is 117 cm³/mol. The fraction of sp³-hybridized carbons (Fsp3) is 0.455. The standard InChI is InChI=1S/C22H26N6O5/c23-10-14-16(29)17(30)22(33-14)28-11-24-15-19(27-21(31)12-6-2-1-3-7-12)25-18(26-20(15)28)13-8-4-5-9-32-13/h1-3,6-7,11,13-14,16-17,22,29-30H,4-5,8-10,23H2,(H,25,26,27,31)/t13?,14-,16-,17-,22-/m1/s1. The van der Waals surface area contributed by atoms with Gasteiger partial charge in [0.05, 0.1) is 6.33 Å². The number of anilines is 1. The quantitative estimate of drug-likeness (QED) is 0.439. The minimum atomic E-state index is -1.22. The summed E-state index contributed by atoms with van der Waals surface area (Å²) in [6.07, 6.45) is -0.198. The van der Waals surface area contributed by atoms with Crippen LogP contribution in [0, 0.1) is 0 Å². The third-order valence-corrected chi connectivity index (χ3v) is 6.02. The number of nitrogens with two attached hydrogens (primary N) is 1. The first-order valence-electron chi connectivity index (χ1n) is 11.0. The van der Waals surface area contributed by atoms with Crippen LogP contribution in [0.5, 0.6) is 0 Å². The van der Waals surface area contributed by atoms with E-state index < -0.39 is 24.5 Å². The monoisotopic (exact) mass is 454 g/mol. The molecule has 2 aromatic heterocycles. The van der Waals surface area contributed by atoms with Crippen LogP contribution in [-0.2, 0) is 9.47 Å². The third-order valence-electron chi connectivity index (χ3n) is 6.02. The van der Waals surface area contributed by atoms with Crippen LogP contribution in [0.4, 0.5) is 5.82 Å². The Hall–Kier alpha value is -2.96. The molecule has 5 atom stereocenters. The number of amides is 1. The van der Waals surface area contributed by atoms with E-state index in [-0.39, 0.29) is 24.4 Å². The van der Waals surface area contributed by atoms with Crippen molar-refractivity contribution in [2.24, 2.45) is 5.73 Å². The Morgan fingerprint density at radius 1 is 1.18 bits per heavy atom. The van der Waals surface area contributed by atoms with Crippen molar-refractivity contribution in [3.63, 3.8) is 0 Å². The van der Waals surface area contributed by atoms with E-state index in [4.69, 9.17) is 15.2 Å². The van der Waals surface area contributed by atoms with Gasteiger partial charge in [-0.25, -0.2) is 15.0 Å².